The maximum absolute atomic E-state index is 13.5. The Balaban J connectivity index is 1.81. The molecule has 2 aromatic carbocycles. The van der Waals surface area contributed by atoms with E-state index in [9.17, 15) is 25.0 Å². The first-order valence-corrected chi connectivity index (χ1v) is 9.33. The number of non-ortho nitro benzene ring substituents is 1. The smallest absolute Gasteiger partial charge is 0.289 e. The number of likely N-dealkylation sites (tertiary alicyclic amines) is 1. The standard InChI is InChI=1S/C20H20N4O5/c1-12-3-6-17-15(9-12)16-11-21(2)8-7-18(16)22(17)20(25)14-5-4-13(23(26)27)10-19(14)24(28)29/h3-6,9-10,16,18H,7-8,11H2,1-2H3/t16-,18-/m0/s1. The molecular formula is C20H20N4O5. The van der Waals surface area contributed by atoms with Crippen LogP contribution in [0.3, 0.4) is 0 Å². The number of carbonyl (C=O) groups is 1. The number of anilines is 1. The van der Waals surface area contributed by atoms with Gasteiger partial charge in [-0.05, 0) is 44.6 Å². The van der Waals surface area contributed by atoms with Crippen LogP contribution in [0, 0.1) is 27.2 Å². The van der Waals surface area contributed by atoms with Crippen molar-refractivity contribution in [2.24, 2.45) is 0 Å². The van der Waals surface area contributed by atoms with Gasteiger partial charge in [-0.25, -0.2) is 0 Å². The summed E-state index contributed by atoms with van der Waals surface area (Å²) >= 11 is 0. The summed E-state index contributed by atoms with van der Waals surface area (Å²) in [5.74, 6) is -0.363. The molecule has 0 spiro atoms. The summed E-state index contributed by atoms with van der Waals surface area (Å²) in [5.41, 5.74) is 1.83. The van der Waals surface area contributed by atoms with Crippen molar-refractivity contribution in [1.29, 1.82) is 0 Å². The molecule has 0 aliphatic carbocycles. The molecular weight excluding hydrogens is 376 g/mol. The lowest BCUT2D eigenvalue weighted by atomic mass is 9.88. The molecule has 2 aliphatic rings. The molecule has 29 heavy (non-hydrogen) atoms. The molecule has 9 heteroatoms. The first-order valence-electron chi connectivity index (χ1n) is 9.33. The number of hydrogen-bond donors (Lipinski definition) is 0. The van der Waals surface area contributed by atoms with Gasteiger partial charge in [0, 0.05) is 30.3 Å². The van der Waals surface area contributed by atoms with E-state index in [1.165, 1.54) is 6.07 Å². The fourth-order valence-corrected chi connectivity index (χ4v) is 4.44. The van der Waals surface area contributed by atoms with Gasteiger partial charge in [0.1, 0.15) is 5.56 Å². The number of benzene rings is 2. The largest absolute Gasteiger partial charge is 0.306 e. The first kappa shape index (κ1) is 19.0. The Morgan fingerprint density at radius 3 is 2.55 bits per heavy atom. The van der Waals surface area contributed by atoms with Crippen LogP contribution in [0.25, 0.3) is 0 Å². The number of fused-ring (bicyclic) bond motifs is 3. The lowest BCUT2D eigenvalue weighted by molar-refractivity contribution is -0.394. The molecule has 0 radical (unpaired) electrons. The zero-order valence-electron chi connectivity index (χ0n) is 16.1. The van der Waals surface area contributed by atoms with Gasteiger partial charge in [0.25, 0.3) is 17.3 Å². The van der Waals surface area contributed by atoms with Gasteiger partial charge in [-0.1, -0.05) is 17.7 Å². The SMILES string of the molecule is Cc1ccc2c(c1)[C@@H]1CN(C)CC[C@@H]1N2C(=O)c1ccc([N+](=O)[O-])cc1[N+](=O)[O-]. The van der Waals surface area contributed by atoms with Crippen molar-refractivity contribution in [3.05, 3.63) is 73.3 Å². The van der Waals surface area contributed by atoms with Gasteiger partial charge in [-0.3, -0.25) is 25.0 Å². The average Bonchev–Trinajstić information content (AvgIpc) is 2.99. The van der Waals surface area contributed by atoms with Crippen molar-refractivity contribution < 1.29 is 14.6 Å². The van der Waals surface area contributed by atoms with Crippen LogP contribution in [0.2, 0.25) is 0 Å². The summed E-state index contributed by atoms with van der Waals surface area (Å²) in [5, 5.41) is 22.5. The number of aryl methyl sites for hydroxylation is 1. The van der Waals surface area contributed by atoms with Crippen LogP contribution in [-0.4, -0.2) is 46.8 Å². The second-order valence-electron chi connectivity index (χ2n) is 7.68. The van der Waals surface area contributed by atoms with Crippen LogP contribution < -0.4 is 4.90 Å². The second kappa shape index (κ2) is 6.93. The zero-order chi connectivity index (χ0) is 20.9. The highest BCUT2D eigenvalue weighted by Crippen LogP contribution is 2.46. The Kier molecular flexibility index (Phi) is 4.54. The Morgan fingerprint density at radius 1 is 1.10 bits per heavy atom. The molecule has 1 saturated heterocycles. The number of nitro benzene ring substituents is 2. The van der Waals surface area contributed by atoms with Crippen molar-refractivity contribution in [1.82, 2.24) is 4.90 Å². The number of hydrogen-bond acceptors (Lipinski definition) is 6. The summed E-state index contributed by atoms with van der Waals surface area (Å²) in [4.78, 5) is 38.5. The molecule has 0 aromatic heterocycles. The maximum atomic E-state index is 13.5. The normalized spacial score (nSPS) is 20.8. The molecule has 2 aliphatic heterocycles. The fourth-order valence-electron chi connectivity index (χ4n) is 4.44. The molecule has 2 atom stereocenters. The molecule has 0 unspecified atom stereocenters. The Labute approximate surface area is 166 Å². The number of nitro groups is 2. The number of carbonyl (C=O) groups excluding carboxylic acids is 1. The van der Waals surface area contributed by atoms with E-state index in [1.807, 2.05) is 26.1 Å². The second-order valence-corrected chi connectivity index (χ2v) is 7.68. The molecule has 9 nitrogen and oxygen atoms in total. The van der Waals surface area contributed by atoms with Crippen molar-refractivity contribution in [2.75, 3.05) is 25.0 Å². The molecule has 0 bridgehead atoms. The van der Waals surface area contributed by atoms with Crippen molar-refractivity contribution >= 4 is 23.0 Å². The third kappa shape index (κ3) is 3.13. The van der Waals surface area contributed by atoms with Gasteiger partial charge >= 0.3 is 0 Å². The monoisotopic (exact) mass is 396 g/mol. The van der Waals surface area contributed by atoms with E-state index in [0.29, 0.717) is 0 Å². The van der Waals surface area contributed by atoms with Crippen molar-refractivity contribution in [2.45, 2.75) is 25.3 Å². The van der Waals surface area contributed by atoms with Crippen LogP contribution in [0.4, 0.5) is 17.1 Å². The van der Waals surface area contributed by atoms with E-state index in [-0.39, 0.29) is 17.5 Å². The summed E-state index contributed by atoms with van der Waals surface area (Å²) in [6.45, 7) is 3.61. The Hall–Kier alpha value is -3.33. The topological polar surface area (TPSA) is 110 Å². The zero-order valence-corrected chi connectivity index (χ0v) is 16.1. The van der Waals surface area contributed by atoms with Gasteiger partial charge in [0.2, 0.25) is 0 Å². The molecule has 1 fully saturated rings. The number of rotatable bonds is 3. The third-order valence-corrected chi connectivity index (χ3v) is 5.79. The fraction of sp³-hybridized carbons (Fsp3) is 0.350. The molecule has 0 saturated carbocycles. The predicted molar refractivity (Wildman–Crippen MR) is 106 cm³/mol. The molecule has 2 aromatic rings. The van der Waals surface area contributed by atoms with Crippen LogP contribution in [-0.2, 0) is 0 Å². The van der Waals surface area contributed by atoms with Crippen LogP contribution in [0.5, 0.6) is 0 Å². The van der Waals surface area contributed by atoms with Crippen molar-refractivity contribution in [3.63, 3.8) is 0 Å². The molecule has 0 N–H and O–H groups in total. The van der Waals surface area contributed by atoms with Gasteiger partial charge in [-0.15, -0.1) is 0 Å². The van der Waals surface area contributed by atoms with Crippen LogP contribution >= 0.6 is 0 Å². The summed E-state index contributed by atoms with van der Waals surface area (Å²) in [6, 6.07) is 8.97. The highest BCUT2D eigenvalue weighted by molar-refractivity contribution is 6.10. The van der Waals surface area contributed by atoms with Gasteiger partial charge in [0.15, 0.2) is 0 Å². The number of likely N-dealkylation sites (N-methyl/N-ethyl adjacent to an activating group) is 1. The van der Waals surface area contributed by atoms with E-state index in [2.05, 4.69) is 11.0 Å². The quantitative estimate of drug-likeness (QED) is 0.582. The minimum Gasteiger partial charge on any atom is -0.306 e. The van der Waals surface area contributed by atoms with Gasteiger partial charge in [-0.2, -0.15) is 0 Å². The highest BCUT2D eigenvalue weighted by Gasteiger charge is 2.45. The van der Waals surface area contributed by atoms with E-state index in [4.69, 9.17) is 0 Å². The summed E-state index contributed by atoms with van der Waals surface area (Å²) in [6.07, 6.45) is 0.751. The molecule has 4 rings (SSSR count). The predicted octanol–water partition coefficient (Wildman–Crippen LogP) is 3.26. The Morgan fingerprint density at radius 2 is 1.86 bits per heavy atom. The molecule has 1 amide bonds. The van der Waals surface area contributed by atoms with E-state index >= 15 is 0 Å². The van der Waals surface area contributed by atoms with Crippen molar-refractivity contribution in [3.8, 4) is 0 Å². The van der Waals surface area contributed by atoms with E-state index in [0.717, 1.165) is 48.5 Å². The minimum absolute atomic E-state index is 0.0923. The first-order chi connectivity index (χ1) is 13.8. The summed E-state index contributed by atoms with van der Waals surface area (Å²) in [7, 11) is 2.04. The molecule has 150 valence electrons. The summed E-state index contributed by atoms with van der Waals surface area (Å²) < 4.78 is 0. The number of amides is 1. The Bertz CT molecular complexity index is 1040. The lowest BCUT2D eigenvalue weighted by Gasteiger charge is -2.36. The highest BCUT2D eigenvalue weighted by atomic mass is 16.6. The van der Waals surface area contributed by atoms with Crippen LogP contribution in [0.15, 0.2) is 36.4 Å². The van der Waals surface area contributed by atoms with Gasteiger partial charge in [0.05, 0.1) is 15.9 Å². The lowest BCUT2D eigenvalue weighted by Crippen LogP contribution is -2.47. The maximum Gasteiger partial charge on any atom is 0.289 e. The average molecular weight is 396 g/mol. The van der Waals surface area contributed by atoms with E-state index < -0.39 is 27.1 Å². The molecule has 2 heterocycles. The minimum atomic E-state index is -0.738. The third-order valence-electron chi connectivity index (χ3n) is 5.79. The van der Waals surface area contributed by atoms with Gasteiger partial charge < -0.3 is 9.80 Å². The number of nitrogens with zero attached hydrogens (tertiary/aromatic N) is 4. The number of piperidine rings is 1. The van der Waals surface area contributed by atoms with Crippen LogP contribution in [0.1, 0.15) is 33.8 Å². The van der Waals surface area contributed by atoms with E-state index in [1.54, 1.807) is 4.90 Å².